The summed E-state index contributed by atoms with van der Waals surface area (Å²) in [5, 5.41) is 33.3. The van der Waals surface area contributed by atoms with Crippen LogP contribution in [0.15, 0.2) is 221 Å². The van der Waals surface area contributed by atoms with Crippen molar-refractivity contribution in [2.75, 3.05) is 0 Å². The second-order valence-electron chi connectivity index (χ2n) is 14.5. The zero-order valence-corrected chi connectivity index (χ0v) is 35.1. The van der Waals surface area contributed by atoms with E-state index in [2.05, 4.69) is 165 Å². The van der Waals surface area contributed by atoms with Gasteiger partial charge in [0.1, 0.15) is 0 Å². The van der Waals surface area contributed by atoms with Crippen LogP contribution in [0, 0.1) is 0 Å². The van der Waals surface area contributed by atoms with Gasteiger partial charge in [0.05, 0.1) is 0 Å². The van der Waals surface area contributed by atoms with Gasteiger partial charge in [-0.05, 0) is 129 Å². The number of hydrogen-bond donors (Lipinski definition) is 2. The third kappa shape index (κ3) is 7.91. The highest BCUT2D eigenvalue weighted by Crippen LogP contribution is 2.38. The number of benzene rings is 11. The van der Waals surface area contributed by atoms with E-state index >= 15 is 0 Å². The maximum Gasteiger partial charge on any atom is 0.489 e. The Morgan fingerprint density at radius 3 is 0.949 bits per heavy atom. The summed E-state index contributed by atoms with van der Waals surface area (Å²) in [6.07, 6.45) is 0. The molecule has 0 heterocycles. The summed E-state index contributed by atoms with van der Waals surface area (Å²) in [5.41, 5.74) is 5.61. The maximum atomic E-state index is 9.44. The predicted molar refractivity (Wildman–Crippen MR) is 260 cm³/mol. The first kappa shape index (κ1) is 38.4. The molecule has 11 aromatic rings. The van der Waals surface area contributed by atoms with Crippen LogP contribution in [0.3, 0.4) is 0 Å². The van der Waals surface area contributed by atoms with Crippen molar-refractivity contribution in [2.24, 2.45) is 0 Å². The molecule has 0 spiro atoms. The lowest BCUT2D eigenvalue weighted by molar-refractivity contribution is 0.426. The zero-order chi connectivity index (χ0) is 40.3. The number of hydrogen-bond acceptors (Lipinski definition) is 2. The van der Waals surface area contributed by atoms with Gasteiger partial charge in [-0.15, -0.1) is 0 Å². The molecule has 0 aliphatic carbocycles. The Kier molecular flexibility index (Phi) is 11.1. The standard InChI is InChI=1S/C34H22.C14H11BO2.C6H4Br2/c1-3-11-27-25(9-1)21-33(31-15-7-5-13-29(27)31)23-17-19-24(20-18-23)34-22-26-10-2-4-12-28(26)30-14-6-8-16-32(30)34;16-15(17)14-9-10-5-1-2-6-11(10)12-7-3-4-8-13(12)14;7-5-1-2-6(8)4-3-5/h1-22H;1-9,16-17H;1-4H. The van der Waals surface area contributed by atoms with Crippen LogP contribution in [-0.2, 0) is 0 Å². The third-order valence-electron chi connectivity index (χ3n) is 10.9. The van der Waals surface area contributed by atoms with E-state index in [1.807, 2.05) is 78.9 Å². The molecular formula is C54H37BBr2O2. The molecule has 282 valence electrons. The Bertz CT molecular complexity index is 3110. The van der Waals surface area contributed by atoms with Crippen LogP contribution in [0.4, 0.5) is 0 Å². The van der Waals surface area contributed by atoms with E-state index in [0.29, 0.717) is 5.46 Å². The van der Waals surface area contributed by atoms with Crippen molar-refractivity contribution in [1.82, 2.24) is 0 Å². The highest BCUT2D eigenvalue weighted by molar-refractivity contribution is 9.11. The summed E-state index contributed by atoms with van der Waals surface area (Å²) < 4.78 is 2.22. The molecule has 0 bridgehead atoms. The van der Waals surface area contributed by atoms with Gasteiger partial charge in [0.2, 0.25) is 0 Å². The van der Waals surface area contributed by atoms with Crippen LogP contribution < -0.4 is 5.46 Å². The minimum absolute atomic E-state index is 0.555. The third-order valence-corrected chi connectivity index (χ3v) is 12.0. The molecule has 0 atom stereocenters. The van der Waals surface area contributed by atoms with Gasteiger partial charge >= 0.3 is 7.12 Å². The van der Waals surface area contributed by atoms with Crippen LogP contribution in [0.5, 0.6) is 0 Å². The second kappa shape index (κ2) is 17.0. The molecule has 0 unspecified atom stereocenters. The van der Waals surface area contributed by atoms with Crippen molar-refractivity contribution in [2.45, 2.75) is 0 Å². The fourth-order valence-electron chi connectivity index (χ4n) is 8.14. The van der Waals surface area contributed by atoms with Gasteiger partial charge in [0.15, 0.2) is 0 Å². The molecule has 59 heavy (non-hydrogen) atoms. The Morgan fingerprint density at radius 1 is 0.288 bits per heavy atom. The summed E-state index contributed by atoms with van der Waals surface area (Å²) in [7, 11) is -1.44. The van der Waals surface area contributed by atoms with Crippen molar-refractivity contribution < 1.29 is 10.0 Å². The lowest BCUT2D eigenvalue weighted by atomic mass is 9.76. The molecule has 2 nitrogen and oxygen atoms in total. The number of rotatable bonds is 3. The number of fused-ring (bicyclic) bond motifs is 9. The van der Waals surface area contributed by atoms with E-state index in [1.165, 1.54) is 65.3 Å². The SMILES string of the molecule is Brc1ccc(Br)cc1.OB(O)c1cc2ccccc2c2ccccc12.c1ccc2c(c1)cc(-c1ccc(-c3cc4ccccc4c4ccccc34)cc1)c1ccccc12. The fourth-order valence-corrected chi connectivity index (χ4v) is 8.67. The van der Waals surface area contributed by atoms with E-state index in [-0.39, 0.29) is 0 Å². The molecule has 5 heteroatoms. The Morgan fingerprint density at radius 2 is 0.576 bits per heavy atom. The van der Waals surface area contributed by atoms with Gasteiger partial charge in [0.25, 0.3) is 0 Å². The maximum absolute atomic E-state index is 9.44. The Balaban J connectivity index is 0.000000148. The summed E-state index contributed by atoms with van der Waals surface area (Å²) in [6, 6.07) is 74.1. The molecule has 0 aromatic heterocycles. The molecule has 0 saturated carbocycles. The van der Waals surface area contributed by atoms with Crippen LogP contribution in [0.1, 0.15) is 0 Å². The average Bonchev–Trinajstić information content (AvgIpc) is 3.29. The highest BCUT2D eigenvalue weighted by atomic mass is 79.9. The van der Waals surface area contributed by atoms with Crippen molar-refractivity contribution in [3.8, 4) is 22.3 Å². The lowest BCUT2D eigenvalue weighted by Gasteiger charge is -2.13. The van der Waals surface area contributed by atoms with Crippen LogP contribution in [-0.4, -0.2) is 17.2 Å². The lowest BCUT2D eigenvalue weighted by Crippen LogP contribution is -2.30. The van der Waals surface area contributed by atoms with E-state index in [0.717, 1.165) is 30.5 Å². The normalized spacial score (nSPS) is 11.1. The molecule has 0 fully saturated rings. The minimum atomic E-state index is -1.44. The second-order valence-corrected chi connectivity index (χ2v) is 16.3. The fraction of sp³-hybridized carbons (Fsp3) is 0. The smallest absolute Gasteiger partial charge is 0.423 e. The van der Waals surface area contributed by atoms with E-state index < -0.39 is 7.12 Å². The molecule has 2 N–H and O–H groups in total. The quantitative estimate of drug-likeness (QED) is 0.137. The first-order valence-electron chi connectivity index (χ1n) is 19.5. The molecule has 0 saturated heterocycles. The van der Waals surface area contributed by atoms with Gasteiger partial charge in [-0.2, -0.15) is 0 Å². The summed E-state index contributed by atoms with van der Waals surface area (Å²) >= 11 is 6.65. The van der Waals surface area contributed by atoms with Crippen molar-refractivity contribution in [3.05, 3.63) is 221 Å². The topological polar surface area (TPSA) is 40.5 Å². The van der Waals surface area contributed by atoms with Crippen molar-refractivity contribution >= 4 is 109 Å². The van der Waals surface area contributed by atoms with Gasteiger partial charge in [-0.1, -0.05) is 208 Å². The van der Waals surface area contributed by atoms with Gasteiger partial charge in [-0.3, -0.25) is 0 Å². The summed E-state index contributed by atoms with van der Waals surface area (Å²) in [5.74, 6) is 0. The molecule has 0 aliphatic heterocycles. The average molecular weight is 889 g/mol. The molecular weight excluding hydrogens is 851 g/mol. The first-order chi connectivity index (χ1) is 28.9. The van der Waals surface area contributed by atoms with Crippen LogP contribution >= 0.6 is 31.9 Å². The highest BCUT2D eigenvalue weighted by Gasteiger charge is 2.16. The first-order valence-corrected chi connectivity index (χ1v) is 21.1. The minimum Gasteiger partial charge on any atom is -0.423 e. The Hall–Kier alpha value is -6.08. The summed E-state index contributed by atoms with van der Waals surface area (Å²) in [6.45, 7) is 0. The van der Waals surface area contributed by atoms with Crippen LogP contribution in [0.2, 0.25) is 0 Å². The molecule has 11 aromatic carbocycles. The monoisotopic (exact) mass is 886 g/mol. The molecule has 0 aliphatic rings. The summed E-state index contributed by atoms with van der Waals surface area (Å²) in [4.78, 5) is 0. The van der Waals surface area contributed by atoms with E-state index in [9.17, 15) is 10.0 Å². The van der Waals surface area contributed by atoms with Gasteiger partial charge < -0.3 is 10.0 Å². The molecule has 0 amide bonds. The zero-order valence-electron chi connectivity index (χ0n) is 31.9. The predicted octanol–water partition coefficient (Wildman–Crippen LogP) is 14.5. The van der Waals surface area contributed by atoms with Gasteiger partial charge in [0, 0.05) is 8.95 Å². The van der Waals surface area contributed by atoms with E-state index in [4.69, 9.17) is 0 Å². The van der Waals surface area contributed by atoms with Crippen molar-refractivity contribution in [1.29, 1.82) is 0 Å². The van der Waals surface area contributed by atoms with Gasteiger partial charge in [-0.25, -0.2) is 0 Å². The molecule has 11 rings (SSSR count). The largest absolute Gasteiger partial charge is 0.489 e. The van der Waals surface area contributed by atoms with E-state index in [1.54, 1.807) is 0 Å². The van der Waals surface area contributed by atoms with Crippen LogP contribution in [0.25, 0.3) is 86.9 Å². The molecule has 0 radical (unpaired) electrons. The van der Waals surface area contributed by atoms with Crippen molar-refractivity contribution in [3.63, 3.8) is 0 Å². The number of halogens is 2. The Labute approximate surface area is 360 Å².